The fourth-order valence-corrected chi connectivity index (χ4v) is 5.46. The van der Waals surface area contributed by atoms with Gasteiger partial charge in [-0.2, -0.15) is 0 Å². The lowest BCUT2D eigenvalue weighted by Crippen LogP contribution is -2.28. The van der Waals surface area contributed by atoms with Gasteiger partial charge in [0, 0.05) is 24.7 Å². The van der Waals surface area contributed by atoms with Gasteiger partial charge in [-0.05, 0) is 36.2 Å². The molecule has 4 rings (SSSR count). The molecule has 0 bridgehead atoms. The average molecular weight is 483 g/mol. The molecule has 2 aromatic carbocycles. The molecule has 0 saturated carbocycles. The molecule has 4 aromatic rings. The van der Waals surface area contributed by atoms with Gasteiger partial charge < -0.3 is 5.32 Å². The number of carbonyl (C=O) groups excluding carboxylic acids is 1. The summed E-state index contributed by atoms with van der Waals surface area (Å²) in [5.41, 5.74) is 1.58. The first-order valence-corrected chi connectivity index (χ1v) is 12.3. The van der Waals surface area contributed by atoms with Crippen molar-refractivity contribution in [3.8, 4) is 10.4 Å². The molecular weight excluding hydrogens is 460 g/mol. The Bertz CT molecular complexity index is 1510. The van der Waals surface area contributed by atoms with Gasteiger partial charge in [-0.1, -0.05) is 36.4 Å². The second-order valence-corrected chi connectivity index (χ2v) is 10.8. The number of benzene rings is 2. The monoisotopic (exact) mass is 482 g/mol. The third-order valence-electron chi connectivity index (χ3n) is 5.12. The summed E-state index contributed by atoms with van der Waals surface area (Å²) < 4.78 is 27.4. The zero-order valence-electron chi connectivity index (χ0n) is 18.3. The highest BCUT2D eigenvalue weighted by Gasteiger charge is 2.20. The number of rotatable bonds is 6. The van der Waals surface area contributed by atoms with Crippen molar-refractivity contribution in [3.05, 3.63) is 76.8 Å². The maximum atomic E-state index is 12.9. The number of hydrogen-bond donors (Lipinski definition) is 1. The van der Waals surface area contributed by atoms with Crippen molar-refractivity contribution in [2.45, 2.75) is 18.4 Å². The van der Waals surface area contributed by atoms with Crippen LogP contribution >= 0.6 is 11.3 Å². The van der Waals surface area contributed by atoms with Crippen LogP contribution in [0, 0.1) is 6.92 Å². The van der Waals surface area contributed by atoms with Gasteiger partial charge in [-0.25, -0.2) is 17.7 Å². The van der Waals surface area contributed by atoms with Crippen molar-refractivity contribution in [3.63, 3.8) is 0 Å². The number of nitrogens with zero attached hydrogens (tertiary/aromatic N) is 3. The van der Waals surface area contributed by atoms with Gasteiger partial charge in [-0.3, -0.25) is 14.2 Å². The van der Waals surface area contributed by atoms with Crippen molar-refractivity contribution in [1.29, 1.82) is 0 Å². The van der Waals surface area contributed by atoms with E-state index in [4.69, 9.17) is 0 Å². The minimum atomic E-state index is -3.66. The molecule has 0 aliphatic rings. The first kappa shape index (κ1) is 22.8. The number of amides is 1. The Kier molecular flexibility index (Phi) is 6.15. The molecule has 0 fully saturated rings. The number of sulfonamides is 1. The zero-order valence-corrected chi connectivity index (χ0v) is 19.9. The SMILES string of the molecule is Cc1ccc(NC(=O)Cn2cnc3sc(-c4ccccc4)cc3c2=O)cc1S(=O)(=O)N(C)C. The molecule has 2 heterocycles. The Balaban J connectivity index is 1.57. The fraction of sp³-hybridized carbons (Fsp3) is 0.174. The lowest BCUT2D eigenvalue weighted by atomic mass is 10.2. The molecule has 1 amide bonds. The third kappa shape index (κ3) is 4.58. The highest BCUT2D eigenvalue weighted by atomic mass is 32.2. The zero-order chi connectivity index (χ0) is 23.8. The lowest BCUT2D eigenvalue weighted by molar-refractivity contribution is -0.116. The van der Waals surface area contributed by atoms with E-state index in [1.54, 1.807) is 25.1 Å². The summed E-state index contributed by atoms with van der Waals surface area (Å²) in [5, 5.41) is 3.12. The minimum absolute atomic E-state index is 0.109. The largest absolute Gasteiger partial charge is 0.324 e. The molecule has 0 saturated heterocycles. The van der Waals surface area contributed by atoms with Gasteiger partial charge >= 0.3 is 0 Å². The Labute approximate surface area is 195 Å². The molecule has 8 nitrogen and oxygen atoms in total. The van der Waals surface area contributed by atoms with Crippen molar-refractivity contribution < 1.29 is 13.2 Å². The Morgan fingerprint density at radius 3 is 2.55 bits per heavy atom. The topological polar surface area (TPSA) is 101 Å². The number of fused-ring (bicyclic) bond motifs is 1. The van der Waals surface area contributed by atoms with Crippen LogP contribution < -0.4 is 10.9 Å². The van der Waals surface area contributed by atoms with Crippen LogP contribution in [0.3, 0.4) is 0 Å². The maximum Gasteiger partial charge on any atom is 0.262 e. The average Bonchev–Trinajstić information content (AvgIpc) is 3.23. The van der Waals surface area contributed by atoms with Crippen LogP contribution in [0.2, 0.25) is 0 Å². The molecule has 0 unspecified atom stereocenters. The smallest absolute Gasteiger partial charge is 0.262 e. The predicted octanol–water partition coefficient (Wildman–Crippen LogP) is 3.32. The Morgan fingerprint density at radius 1 is 1.12 bits per heavy atom. The second kappa shape index (κ2) is 8.89. The highest BCUT2D eigenvalue weighted by molar-refractivity contribution is 7.89. The molecule has 33 heavy (non-hydrogen) atoms. The number of nitrogens with one attached hydrogen (secondary N) is 1. The van der Waals surface area contributed by atoms with Crippen LogP contribution in [0.25, 0.3) is 20.7 Å². The number of thiophene rings is 1. The van der Waals surface area contributed by atoms with Crippen LogP contribution in [0.1, 0.15) is 5.56 Å². The predicted molar refractivity (Wildman–Crippen MR) is 130 cm³/mol. The molecule has 0 radical (unpaired) electrons. The molecule has 0 atom stereocenters. The number of anilines is 1. The van der Waals surface area contributed by atoms with Gasteiger partial charge in [0.1, 0.15) is 11.4 Å². The summed E-state index contributed by atoms with van der Waals surface area (Å²) in [5.74, 6) is -0.464. The van der Waals surface area contributed by atoms with E-state index in [0.717, 1.165) is 14.7 Å². The molecule has 0 aliphatic carbocycles. The summed E-state index contributed by atoms with van der Waals surface area (Å²) in [4.78, 5) is 31.5. The first-order chi connectivity index (χ1) is 15.7. The summed E-state index contributed by atoms with van der Waals surface area (Å²) in [6.07, 6.45) is 1.35. The van der Waals surface area contributed by atoms with Crippen LogP contribution in [-0.4, -0.2) is 42.3 Å². The van der Waals surface area contributed by atoms with Crippen molar-refractivity contribution >= 4 is 43.2 Å². The van der Waals surface area contributed by atoms with Crippen molar-refractivity contribution in [2.75, 3.05) is 19.4 Å². The summed E-state index contributed by atoms with van der Waals surface area (Å²) >= 11 is 1.42. The van der Waals surface area contributed by atoms with Gasteiger partial charge in [-0.15, -0.1) is 11.3 Å². The lowest BCUT2D eigenvalue weighted by Gasteiger charge is -2.15. The van der Waals surface area contributed by atoms with E-state index in [9.17, 15) is 18.0 Å². The van der Waals surface area contributed by atoms with Crippen LogP contribution in [0.5, 0.6) is 0 Å². The van der Waals surface area contributed by atoms with Gasteiger partial charge in [0.25, 0.3) is 5.56 Å². The molecule has 0 aliphatic heterocycles. The summed E-state index contributed by atoms with van der Waals surface area (Å²) in [6, 6.07) is 16.2. The molecule has 1 N–H and O–H groups in total. The van der Waals surface area contributed by atoms with Crippen molar-refractivity contribution in [1.82, 2.24) is 13.9 Å². The summed E-state index contributed by atoms with van der Waals surface area (Å²) in [6.45, 7) is 1.44. The number of aryl methyl sites for hydroxylation is 1. The Morgan fingerprint density at radius 2 is 1.85 bits per heavy atom. The highest BCUT2D eigenvalue weighted by Crippen LogP contribution is 2.30. The van der Waals surface area contributed by atoms with Crippen LogP contribution in [0.15, 0.2) is 70.6 Å². The van der Waals surface area contributed by atoms with E-state index in [1.807, 2.05) is 30.3 Å². The van der Waals surface area contributed by atoms with E-state index in [1.165, 1.54) is 42.4 Å². The number of hydrogen-bond acceptors (Lipinski definition) is 6. The first-order valence-electron chi connectivity index (χ1n) is 10.0. The van der Waals surface area contributed by atoms with Gasteiger partial charge in [0.15, 0.2) is 0 Å². The standard InChI is InChI=1S/C23H22N4O4S2/c1-15-9-10-17(11-20(15)33(30,31)26(2)3)25-21(28)13-27-14-24-22-18(23(27)29)12-19(32-22)16-7-5-4-6-8-16/h4-12,14H,13H2,1-3H3,(H,25,28). The van der Waals surface area contributed by atoms with Crippen LogP contribution in [0.4, 0.5) is 5.69 Å². The quantitative estimate of drug-likeness (QED) is 0.454. The third-order valence-corrected chi connectivity index (χ3v) is 8.17. The normalized spacial score (nSPS) is 11.8. The van der Waals surface area contributed by atoms with Crippen LogP contribution in [-0.2, 0) is 21.4 Å². The minimum Gasteiger partial charge on any atom is -0.324 e. The van der Waals surface area contributed by atoms with E-state index in [-0.39, 0.29) is 17.0 Å². The van der Waals surface area contributed by atoms with Gasteiger partial charge in [0.2, 0.25) is 15.9 Å². The molecule has 170 valence electrons. The second-order valence-electron chi connectivity index (χ2n) is 7.69. The number of carbonyl (C=O) groups is 1. The van der Waals surface area contributed by atoms with E-state index in [2.05, 4.69) is 10.3 Å². The fourth-order valence-electron chi connectivity index (χ4n) is 3.32. The molecule has 10 heteroatoms. The summed E-state index contributed by atoms with van der Waals surface area (Å²) in [7, 11) is -0.763. The van der Waals surface area contributed by atoms with E-state index in [0.29, 0.717) is 21.5 Å². The van der Waals surface area contributed by atoms with E-state index >= 15 is 0 Å². The maximum absolute atomic E-state index is 12.9. The van der Waals surface area contributed by atoms with Gasteiger partial charge in [0.05, 0.1) is 16.6 Å². The van der Waals surface area contributed by atoms with Crippen molar-refractivity contribution in [2.24, 2.45) is 0 Å². The molecule has 2 aromatic heterocycles. The number of aromatic nitrogens is 2. The Hall–Kier alpha value is -3.34. The molecule has 0 spiro atoms. The molecular formula is C23H22N4O4S2. The van der Waals surface area contributed by atoms with E-state index < -0.39 is 15.9 Å².